The highest BCUT2D eigenvalue weighted by Gasteiger charge is 2.59. The number of carbonyl (C=O) groups excluding carboxylic acids is 4. The molecule has 3 heterocycles. The maximum atomic E-state index is 14.5. The summed E-state index contributed by atoms with van der Waals surface area (Å²) in [5.41, 5.74) is -1.28. The Kier molecular flexibility index (Phi) is 14.5. The largest absolute Gasteiger partial charge is 0.509 e. The van der Waals surface area contributed by atoms with Crippen LogP contribution in [0.3, 0.4) is 0 Å². The summed E-state index contributed by atoms with van der Waals surface area (Å²) in [5.74, 6) is -5.12. The first-order chi connectivity index (χ1) is 27.8. The molecule has 13 atom stereocenters. The van der Waals surface area contributed by atoms with Gasteiger partial charge < -0.3 is 44.2 Å². The summed E-state index contributed by atoms with van der Waals surface area (Å²) in [7, 11) is 3.76. The van der Waals surface area contributed by atoms with Crippen LogP contribution in [0.2, 0.25) is 0 Å². The Bertz CT molecular complexity index is 1900. The molecule has 0 bridgehead atoms. The van der Waals surface area contributed by atoms with Gasteiger partial charge in [-0.3, -0.25) is 14.6 Å². The van der Waals surface area contributed by atoms with Crippen LogP contribution in [0.25, 0.3) is 17.0 Å². The number of alkyl carbamates (subject to hydrolysis) is 1. The van der Waals surface area contributed by atoms with Gasteiger partial charge in [-0.15, -0.1) is 0 Å². The number of hydrogen-bond acceptors (Lipinski definition) is 14. The smallest absolute Gasteiger partial charge is 0.457 e. The molecule has 3 fully saturated rings. The Morgan fingerprint density at radius 1 is 1.07 bits per heavy atom. The lowest BCUT2D eigenvalue weighted by Crippen LogP contribution is -2.59. The van der Waals surface area contributed by atoms with Crippen molar-refractivity contribution in [3.8, 4) is 0 Å². The fourth-order valence-electron chi connectivity index (χ4n) is 9.39. The van der Waals surface area contributed by atoms with Crippen LogP contribution in [0.15, 0.2) is 47.8 Å². The Morgan fingerprint density at radius 2 is 1.78 bits per heavy atom. The van der Waals surface area contributed by atoms with Crippen LogP contribution in [0.1, 0.15) is 86.6 Å². The first-order valence-electron chi connectivity index (χ1n) is 20.7. The molecule has 59 heavy (non-hydrogen) atoms. The van der Waals surface area contributed by atoms with Gasteiger partial charge in [0.05, 0.1) is 23.4 Å². The van der Waals surface area contributed by atoms with Crippen molar-refractivity contribution in [2.75, 3.05) is 20.6 Å². The fourth-order valence-corrected chi connectivity index (χ4v) is 9.39. The molecule has 1 aromatic heterocycles. The van der Waals surface area contributed by atoms with E-state index in [-0.39, 0.29) is 37.1 Å². The van der Waals surface area contributed by atoms with Crippen LogP contribution < -0.4 is 5.32 Å². The van der Waals surface area contributed by atoms with E-state index in [2.05, 4.69) is 22.4 Å². The molecule has 2 saturated heterocycles. The number of carbonyl (C=O) groups is 4. The normalized spacial score (nSPS) is 36.8. The van der Waals surface area contributed by atoms with E-state index in [1.807, 2.05) is 55.4 Å². The Labute approximate surface area is 346 Å². The zero-order chi connectivity index (χ0) is 43.4. The summed E-state index contributed by atoms with van der Waals surface area (Å²) in [5, 5.41) is 29.7. The number of pyridine rings is 1. The van der Waals surface area contributed by atoms with Crippen LogP contribution in [0.4, 0.5) is 9.59 Å². The summed E-state index contributed by atoms with van der Waals surface area (Å²) >= 11 is 0. The second-order valence-corrected chi connectivity index (χ2v) is 17.4. The third kappa shape index (κ3) is 9.90. The van der Waals surface area contributed by atoms with E-state index in [0.29, 0.717) is 12.8 Å². The molecule has 0 spiro atoms. The second kappa shape index (κ2) is 18.8. The van der Waals surface area contributed by atoms with Crippen LogP contribution in [0.5, 0.6) is 0 Å². The third-order valence-corrected chi connectivity index (χ3v) is 12.5. The summed E-state index contributed by atoms with van der Waals surface area (Å²) < 4.78 is 30.5. The number of oxime groups is 1. The average molecular weight is 823 g/mol. The van der Waals surface area contributed by atoms with Gasteiger partial charge in [-0.05, 0) is 84.2 Å². The molecule has 2 aliphatic heterocycles. The summed E-state index contributed by atoms with van der Waals surface area (Å²) in [6.07, 6.45) is -0.192. The fraction of sp³-hybridized carbons (Fsp3) is 0.636. The Hall–Kier alpha value is -4.60. The molecule has 3 aliphatic rings. The summed E-state index contributed by atoms with van der Waals surface area (Å²) in [4.78, 5) is 61.4. The minimum absolute atomic E-state index is 0.0468. The van der Waals surface area contributed by atoms with Gasteiger partial charge in [0.15, 0.2) is 17.5 Å². The third-order valence-electron chi connectivity index (χ3n) is 12.5. The number of cyclic esters (lactones) is 1. The van der Waals surface area contributed by atoms with Gasteiger partial charge >= 0.3 is 18.2 Å². The lowest BCUT2D eigenvalue weighted by molar-refractivity contribution is -0.197. The first-order valence-corrected chi connectivity index (χ1v) is 20.7. The number of amides is 1. The topological polar surface area (TPSA) is 195 Å². The van der Waals surface area contributed by atoms with E-state index in [0.717, 1.165) is 16.5 Å². The number of aromatic nitrogens is 1. The molecule has 0 unspecified atom stereocenters. The highest BCUT2D eigenvalue weighted by atomic mass is 16.8. The number of nitrogens with one attached hydrogen (secondary N) is 1. The van der Waals surface area contributed by atoms with E-state index in [1.165, 1.54) is 6.92 Å². The summed E-state index contributed by atoms with van der Waals surface area (Å²) in [6, 6.07) is 9.47. The number of rotatable bonds is 8. The van der Waals surface area contributed by atoms with E-state index >= 15 is 0 Å². The Morgan fingerprint density at radius 3 is 2.46 bits per heavy atom. The molecule has 0 radical (unpaired) electrons. The van der Waals surface area contributed by atoms with Gasteiger partial charge in [0.1, 0.15) is 23.7 Å². The molecule has 2 aromatic rings. The minimum atomic E-state index is -1.65. The number of nitrogens with zero attached hydrogens (tertiary/aromatic N) is 3. The molecule has 324 valence electrons. The average Bonchev–Trinajstić information content (AvgIpc) is 3.51. The number of likely N-dealkylation sites (N-methyl/N-ethyl adjacent to an activating group) is 1. The number of para-hydroxylation sites is 1. The molecule has 1 saturated carbocycles. The number of aliphatic hydroxyl groups excluding tert-OH is 1. The van der Waals surface area contributed by atoms with Gasteiger partial charge in [0.2, 0.25) is 0 Å². The van der Waals surface area contributed by atoms with Crippen molar-refractivity contribution >= 4 is 46.7 Å². The number of ether oxygens (including phenoxy) is 5. The van der Waals surface area contributed by atoms with Gasteiger partial charge in [0, 0.05) is 41.9 Å². The molecule has 1 aliphatic carbocycles. The SMILES string of the molecule is CC[C@H]1OC(=O)[C@H](C)C(=O)[C@H](C)[C@@H](O[C@@H]2C[C@H](C)C[C@H](N(C)C)[C@H]2O)[C@@](C)(OC(=O)NC/C=C/c2cnc3ccccc3c2)C[C@@H](C)/C(=N\O)[C@H](C)[C@H]2OC(=O)O[C@@]21C. The van der Waals surface area contributed by atoms with E-state index < -0.39 is 89.4 Å². The molecule has 15 nitrogen and oxygen atoms in total. The van der Waals surface area contributed by atoms with E-state index in [1.54, 1.807) is 53.8 Å². The van der Waals surface area contributed by atoms with E-state index in [4.69, 9.17) is 23.7 Å². The first kappa shape index (κ1) is 45.5. The highest BCUT2D eigenvalue weighted by molar-refractivity contribution is 6.00. The molecule has 15 heteroatoms. The monoisotopic (exact) mass is 822 g/mol. The second-order valence-electron chi connectivity index (χ2n) is 17.4. The predicted octanol–water partition coefficient (Wildman–Crippen LogP) is 6.17. The predicted molar refractivity (Wildman–Crippen MR) is 220 cm³/mol. The van der Waals surface area contributed by atoms with Crippen molar-refractivity contribution in [1.29, 1.82) is 0 Å². The number of aliphatic hydroxyl groups is 1. The maximum absolute atomic E-state index is 14.5. The quantitative estimate of drug-likeness (QED) is 0.0900. The highest BCUT2D eigenvalue weighted by Crippen LogP contribution is 2.42. The van der Waals surface area contributed by atoms with Crippen LogP contribution in [-0.2, 0) is 33.3 Å². The molecule has 3 N–H and O–H groups in total. The molecule has 5 rings (SSSR count). The number of esters is 1. The molecule has 1 amide bonds. The van der Waals surface area contributed by atoms with Gasteiger partial charge in [-0.2, -0.15) is 0 Å². The minimum Gasteiger partial charge on any atom is -0.457 e. The van der Waals surface area contributed by atoms with Crippen LogP contribution in [0, 0.1) is 29.6 Å². The maximum Gasteiger partial charge on any atom is 0.509 e. The number of Topliss-reactive ketones (excluding diaryl/α,β-unsaturated/α-hetero) is 1. The lowest BCUT2D eigenvalue weighted by Gasteiger charge is -2.47. The van der Waals surface area contributed by atoms with Crippen molar-refractivity contribution in [3.63, 3.8) is 0 Å². The zero-order valence-electron chi connectivity index (χ0n) is 35.9. The van der Waals surface area contributed by atoms with Crippen molar-refractivity contribution in [2.24, 2.45) is 34.7 Å². The van der Waals surface area contributed by atoms with Crippen molar-refractivity contribution < 1.29 is 53.2 Å². The Balaban J connectivity index is 1.53. The number of hydrogen-bond donors (Lipinski definition) is 3. The van der Waals surface area contributed by atoms with Crippen molar-refractivity contribution in [1.82, 2.24) is 15.2 Å². The van der Waals surface area contributed by atoms with Crippen LogP contribution in [-0.4, -0.2) is 118 Å². The number of ketones is 1. The molecular formula is C44H62N4O11. The summed E-state index contributed by atoms with van der Waals surface area (Å²) in [6.45, 7) is 13.7. The van der Waals surface area contributed by atoms with Gasteiger partial charge in [-0.25, -0.2) is 9.59 Å². The van der Waals surface area contributed by atoms with Gasteiger partial charge in [-0.1, -0.05) is 70.1 Å². The number of benzene rings is 1. The molecule has 1 aromatic carbocycles. The molecular weight excluding hydrogens is 761 g/mol. The van der Waals surface area contributed by atoms with Gasteiger partial charge in [0.25, 0.3) is 0 Å². The lowest BCUT2D eigenvalue weighted by atomic mass is 9.73. The number of fused-ring (bicyclic) bond motifs is 2. The van der Waals surface area contributed by atoms with E-state index in [9.17, 15) is 29.5 Å². The van der Waals surface area contributed by atoms with Crippen LogP contribution >= 0.6 is 0 Å². The van der Waals surface area contributed by atoms with Crippen molar-refractivity contribution in [3.05, 3.63) is 48.2 Å². The van der Waals surface area contributed by atoms with Crippen molar-refractivity contribution in [2.45, 2.75) is 129 Å². The zero-order valence-corrected chi connectivity index (χ0v) is 35.9. The standard InChI is InChI=1S/C44H62N4O11/c1-11-34-44(8)39(57-42(53)59-44)26(4)35(47-54)25(3)22-43(7,58-41(52)45-18-14-15-29-21-30-16-12-13-17-31(30)46-23-29)38(27(5)36(49)28(6)40(51)56-34)55-33-20-24(2)19-32(37(33)50)48(9)10/h12-17,21,23-28,32-34,37-39,50,54H,11,18-20,22H2,1-10H3,(H,45,52)/b15-14+,47-35+/t24-,25-,26+,27+,28-,32+,33-,34-,37-,38-,39-,43+,44-/m1/s1.